The molecule has 0 aromatic carbocycles. The van der Waals surface area contributed by atoms with Crippen molar-refractivity contribution in [3.05, 3.63) is 0 Å². The van der Waals surface area contributed by atoms with E-state index in [9.17, 15) is 9.59 Å². The minimum absolute atomic E-state index is 0.0368. The third-order valence-electron chi connectivity index (χ3n) is 2.42. The molecule has 0 saturated carbocycles. The summed E-state index contributed by atoms with van der Waals surface area (Å²) in [4.78, 5) is 22.6. The molecule has 1 aliphatic rings. The second kappa shape index (κ2) is 4.72. The van der Waals surface area contributed by atoms with Gasteiger partial charge in [-0.2, -0.15) is 0 Å². The maximum Gasteiger partial charge on any atom is 0.407 e. The number of hydrogen-bond acceptors (Lipinski definition) is 3. The minimum atomic E-state index is -0.495. The van der Waals surface area contributed by atoms with Crippen LogP contribution >= 0.6 is 0 Å². The van der Waals surface area contributed by atoms with E-state index in [1.54, 1.807) is 0 Å². The van der Waals surface area contributed by atoms with Gasteiger partial charge in [0, 0.05) is 13.0 Å². The Morgan fingerprint density at radius 3 is 2.62 bits per heavy atom. The fourth-order valence-electron chi connectivity index (χ4n) is 1.58. The van der Waals surface area contributed by atoms with Gasteiger partial charge < -0.3 is 15.4 Å². The normalized spacial score (nSPS) is 25.9. The third-order valence-corrected chi connectivity index (χ3v) is 2.42. The molecule has 16 heavy (non-hydrogen) atoms. The summed E-state index contributed by atoms with van der Waals surface area (Å²) in [5, 5.41) is 5.49. The highest BCUT2D eigenvalue weighted by molar-refractivity contribution is 5.77. The number of alkyl carbamates (subject to hydrolysis) is 1. The number of hydrogen-bond donors (Lipinski definition) is 2. The van der Waals surface area contributed by atoms with E-state index in [0.717, 1.165) is 0 Å². The molecule has 2 amide bonds. The molecule has 2 N–H and O–H groups in total. The monoisotopic (exact) mass is 228 g/mol. The molecule has 2 atom stereocenters. The smallest absolute Gasteiger partial charge is 0.407 e. The number of carbonyl (C=O) groups is 2. The molecule has 1 heterocycles. The molecule has 92 valence electrons. The predicted octanol–water partition coefficient (Wildman–Crippen LogP) is 1.04. The van der Waals surface area contributed by atoms with Gasteiger partial charge in [-0.25, -0.2) is 4.79 Å². The average molecular weight is 228 g/mol. The maximum atomic E-state index is 11.5. The third kappa shape index (κ3) is 4.08. The highest BCUT2D eigenvalue weighted by atomic mass is 16.6. The summed E-state index contributed by atoms with van der Waals surface area (Å²) >= 11 is 0. The number of nitrogens with one attached hydrogen (secondary N) is 2. The van der Waals surface area contributed by atoms with Gasteiger partial charge in [-0.05, 0) is 26.7 Å². The van der Waals surface area contributed by atoms with Gasteiger partial charge in [0.15, 0.2) is 0 Å². The van der Waals surface area contributed by atoms with Crippen molar-refractivity contribution in [1.29, 1.82) is 0 Å². The highest BCUT2D eigenvalue weighted by Gasteiger charge is 2.28. The van der Waals surface area contributed by atoms with Crippen molar-refractivity contribution in [2.24, 2.45) is 5.92 Å². The van der Waals surface area contributed by atoms with E-state index in [1.807, 2.05) is 27.7 Å². The first-order valence-corrected chi connectivity index (χ1v) is 5.54. The molecule has 5 nitrogen and oxygen atoms in total. The molecule has 1 saturated heterocycles. The van der Waals surface area contributed by atoms with E-state index in [2.05, 4.69) is 10.6 Å². The lowest BCUT2D eigenvalue weighted by atomic mass is 9.94. The van der Waals surface area contributed by atoms with Crippen LogP contribution in [0.25, 0.3) is 0 Å². The van der Waals surface area contributed by atoms with Gasteiger partial charge in [0.1, 0.15) is 5.60 Å². The topological polar surface area (TPSA) is 67.4 Å². The summed E-state index contributed by atoms with van der Waals surface area (Å²) < 4.78 is 5.15. The van der Waals surface area contributed by atoms with E-state index < -0.39 is 11.7 Å². The molecular formula is C11H20N2O3. The van der Waals surface area contributed by atoms with E-state index in [1.165, 1.54) is 0 Å². The van der Waals surface area contributed by atoms with Crippen LogP contribution < -0.4 is 10.6 Å². The SMILES string of the molecule is CC1CC(=O)NCC1NC(=O)OC(C)(C)C. The molecule has 1 aliphatic heterocycles. The van der Waals surface area contributed by atoms with Crippen LogP contribution in [-0.4, -0.2) is 30.2 Å². The summed E-state index contributed by atoms with van der Waals surface area (Å²) in [6.07, 6.45) is 0.0148. The van der Waals surface area contributed by atoms with Crippen LogP contribution in [0.3, 0.4) is 0 Å². The Morgan fingerprint density at radius 2 is 2.12 bits per heavy atom. The van der Waals surface area contributed by atoms with Gasteiger partial charge in [-0.1, -0.05) is 6.92 Å². The van der Waals surface area contributed by atoms with Gasteiger partial charge in [0.25, 0.3) is 0 Å². The van der Waals surface area contributed by atoms with Crippen molar-refractivity contribution in [1.82, 2.24) is 10.6 Å². The van der Waals surface area contributed by atoms with Gasteiger partial charge in [-0.15, -0.1) is 0 Å². The molecule has 5 heteroatoms. The van der Waals surface area contributed by atoms with E-state index >= 15 is 0 Å². The van der Waals surface area contributed by atoms with Crippen LogP contribution in [0.15, 0.2) is 0 Å². The average Bonchev–Trinajstić information content (AvgIpc) is 2.06. The fourth-order valence-corrected chi connectivity index (χ4v) is 1.58. The molecule has 1 fully saturated rings. The molecule has 2 unspecified atom stereocenters. The second-order valence-corrected chi connectivity index (χ2v) is 5.24. The predicted molar refractivity (Wildman–Crippen MR) is 59.9 cm³/mol. The van der Waals surface area contributed by atoms with E-state index in [0.29, 0.717) is 13.0 Å². The van der Waals surface area contributed by atoms with Crippen molar-refractivity contribution < 1.29 is 14.3 Å². The lowest BCUT2D eigenvalue weighted by Crippen LogP contribution is -2.53. The molecule has 0 aromatic heterocycles. The number of piperidine rings is 1. The van der Waals surface area contributed by atoms with Gasteiger partial charge in [0.2, 0.25) is 5.91 Å². The molecule has 0 aliphatic carbocycles. The maximum absolute atomic E-state index is 11.5. The largest absolute Gasteiger partial charge is 0.444 e. The number of rotatable bonds is 1. The van der Waals surface area contributed by atoms with Crippen molar-refractivity contribution in [3.8, 4) is 0 Å². The van der Waals surface area contributed by atoms with Crippen molar-refractivity contribution in [2.75, 3.05) is 6.54 Å². The molecule has 0 radical (unpaired) electrons. The van der Waals surface area contributed by atoms with E-state index in [4.69, 9.17) is 4.74 Å². The molecule has 0 spiro atoms. The Labute approximate surface area is 95.9 Å². The van der Waals surface area contributed by atoms with Gasteiger partial charge in [-0.3, -0.25) is 4.79 Å². The minimum Gasteiger partial charge on any atom is -0.444 e. The number of amides is 2. The first kappa shape index (κ1) is 12.8. The Bertz CT molecular complexity index is 283. The number of ether oxygens (including phenoxy) is 1. The van der Waals surface area contributed by atoms with Crippen LogP contribution in [0.4, 0.5) is 4.79 Å². The van der Waals surface area contributed by atoms with Crippen LogP contribution in [0.5, 0.6) is 0 Å². The van der Waals surface area contributed by atoms with Crippen LogP contribution in [0, 0.1) is 5.92 Å². The Balaban J connectivity index is 2.42. The van der Waals surface area contributed by atoms with Crippen LogP contribution in [0.1, 0.15) is 34.1 Å². The zero-order valence-electron chi connectivity index (χ0n) is 10.3. The summed E-state index contributed by atoms with van der Waals surface area (Å²) in [5.74, 6) is 0.177. The Kier molecular flexibility index (Phi) is 3.78. The summed E-state index contributed by atoms with van der Waals surface area (Å²) in [7, 11) is 0. The van der Waals surface area contributed by atoms with Crippen LogP contribution in [0.2, 0.25) is 0 Å². The molecule has 0 aromatic rings. The second-order valence-electron chi connectivity index (χ2n) is 5.24. The fraction of sp³-hybridized carbons (Fsp3) is 0.818. The Morgan fingerprint density at radius 1 is 1.50 bits per heavy atom. The lowest BCUT2D eigenvalue weighted by molar-refractivity contribution is -0.123. The molecule has 0 bridgehead atoms. The van der Waals surface area contributed by atoms with Gasteiger partial charge >= 0.3 is 6.09 Å². The standard InChI is InChI=1S/C11H20N2O3/c1-7-5-9(14)12-6-8(7)13-10(15)16-11(2,3)4/h7-8H,5-6H2,1-4H3,(H,12,14)(H,13,15). The van der Waals surface area contributed by atoms with Crippen molar-refractivity contribution in [2.45, 2.75) is 45.8 Å². The zero-order chi connectivity index (χ0) is 12.3. The Hall–Kier alpha value is -1.26. The van der Waals surface area contributed by atoms with Gasteiger partial charge in [0.05, 0.1) is 6.04 Å². The molecular weight excluding hydrogens is 208 g/mol. The summed E-state index contributed by atoms with van der Waals surface area (Å²) in [5.41, 5.74) is -0.495. The quantitative estimate of drug-likeness (QED) is 0.704. The van der Waals surface area contributed by atoms with Crippen LogP contribution in [-0.2, 0) is 9.53 Å². The lowest BCUT2D eigenvalue weighted by Gasteiger charge is -2.30. The van der Waals surface area contributed by atoms with Crippen molar-refractivity contribution in [3.63, 3.8) is 0 Å². The summed E-state index contributed by atoms with van der Waals surface area (Å²) in [6.45, 7) is 7.87. The van der Waals surface area contributed by atoms with Crippen molar-refractivity contribution >= 4 is 12.0 Å². The highest BCUT2D eigenvalue weighted by Crippen LogP contribution is 2.13. The zero-order valence-corrected chi connectivity index (χ0v) is 10.3. The first-order chi connectivity index (χ1) is 7.28. The number of carbonyl (C=O) groups excluding carboxylic acids is 2. The first-order valence-electron chi connectivity index (χ1n) is 5.54. The summed E-state index contributed by atoms with van der Waals surface area (Å²) in [6, 6.07) is -0.0486. The molecule has 1 rings (SSSR count). The van der Waals surface area contributed by atoms with E-state index in [-0.39, 0.29) is 17.9 Å².